The van der Waals surface area contributed by atoms with Crippen LogP contribution in [0.5, 0.6) is 5.75 Å². The molecular formula is C17H19FN2O4S. The lowest BCUT2D eigenvalue weighted by Gasteiger charge is -2.21. The summed E-state index contributed by atoms with van der Waals surface area (Å²) in [6.45, 7) is 1.98. The fraction of sp³-hybridized carbons (Fsp3) is 0.235. The zero-order valence-corrected chi connectivity index (χ0v) is 14.7. The summed E-state index contributed by atoms with van der Waals surface area (Å²) in [7, 11) is -3.70. The highest BCUT2D eigenvalue weighted by Gasteiger charge is 2.21. The van der Waals surface area contributed by atoms with Crippen LogP contribution in [0, 0.1) is 5.82 Å². The SMILES string of the molecule is CCOc1ccc(NC(=O)CN(c2ccc(F)cc2)S(C)(=O)=O)cc1. The van der Waals surface area contributed by atoms with E-state index in [2.05, 4.69) is 5.32 Å². The van der Waals surface area contributed by atoms with Crippen molar-refractivity contribution in [1.82, 2.24) is 0 Å². The van der Waals surface area contributed by atoms with Crippen LogP contribution < -0.4 is 14.4 Å². The molecule has 0 fully saturated rings. The van der Waals surface area contributed by atoms with Crippen LogP contribution in [0.2, 0.25) is 0 Å². The minimum Gasteiger partial charge on any atom is -0.494 e. The Balaban J connectivity index is 2.10. The third-order valence-corrected chi connectivity index (χ3v) is 4.39. The number of nitrogens with zero attached hydrogens (tertiary/aromatic N) is 1. The molecule has 0 heterocycles. The summed E-state index contributed by atoms with van der Waals surface area (Å²) >= 11 is 0. The van der Waals surface area contributed by atoms with Gasteiger partial charge in [-0.25, -0.2) is 12.8 Å². The summed E-state index contributed by atoms with van der Waals surface area (Å²) < 4.78 is 43.2. The molecule has 0 atom stereocenters. The van der Waals surface area contributed by atoms with Crippen LogP contribution in [-0.2, 0) is 14.8 Å². The Kier molecular flexibility index (Phi) is 5.97. The fourth-order valence-electron chi connectivity index (χ4n) is 2.14. The molecule has 25 heavy (non-hydrogen) atoms. The van der Waals surface area contributed by atoms with Crippen molar-refractivity contribution in [2.24, 2.45) is 0 Å². The van der Waals surface area contributed by atoms with E-state index in [0.29, 0.717) is 18.0 Å². The number of anilines is 2. The fourth-order valence-corrected chi connectivity index (χ4v) is 3.00. The van der Waals surface area contributed by atoms with E-state index in [9.17, 15) is 17.6 Å². The highest BCUT2D eigenvalue weighted by molar-refractivity contribution is 7.92. The van der Waals surface area contributed by atoms with Crippen molar-refractivity contribution in [1.29, 1.82) is 0 Å². The van der Waals surface area contributed by atoms with Crippen molar-refractivity contribution in [3.05, 3.63) is 54.3 Å². The zero-order chi connectivity index (χ0) is 18.4. The number of sulfonamides is 1. The Morgan fingerprint density at radius 1 is 1.12 bits per heavy atom. The highest BCUT2D eigenvalue weighted by atomic mass is 32.2. The molecule has 0 aliphatic heterocycles. The van der Waals surface area contributed by atoms with E-state index in [0.717, 1.165) is 22.7 Å². The summed E-state index contributed by atoms with van der Waals surface area (Å²) in [5.41, 5.74) is 0.728. The Labute approximate surface area is 146 Å². The number of hydrogen-bond donors (Lipinski definition) is 1. The van der Waals surface area contributed by atoms with Gasteiger partial charge in [0.15, 0.2) is 0 Å². The van der Waals surface area contributed by atoms with E-state index in [-0.39, 0.29) is 5.69 Å². The van der Waals surface area contributed by atoms with Crippen LogP contribution in [0.1, 0.15) is 6.92 Å². The van der Waals surface area contributed by atoms with Crippen LogP contribution in [0.25, 0.3) is 0 Å². The average molecular weight is 366 g/mol. The van der Waals surface area contributed by atoms with Gasteiger partial charge in [-0.15, -0.1) is 0 Å². The third-order valence-electron chi connectivity index (χ3n) is 3.25. The molecule has 0 aromatic heterocycles. The Morgan fingerprint density at radius 2 is 1.72 bits per heavy atom. The molecule has 2 rings (SSSR count). The lowest BCUT2D eigenvalue weighted by atomic mass is 10.3. The summed E-state index contributed by atoms with van der Waals surface area (Å²) in [5, 5.41) is 2.62. The van der Waals surface area contributed by atoms with Crippen LogP contribution in [0.4, 0.5) is 15.8 Å². The topological polar surface area (TPSA) is 75.7 Å². The standard InChI is InChI=1S/C17H19FN2O4S/c1-3-24-16-10-6-14(7-11-16)19-17(21)12-20(25(2,22)23)15-8-4-13(18)5-9-15/h4-11H,3,12H2,1-2H3,(H,19,21). The van der Waals surface area contributed by atoms with Crippen molar-refractivity contribution in [3.63, 3.8) is 0 Å². The van der Waals surface area contributed by atoms with Gasteiger partial charge in [-0.1, -0.05) is 0 Å². The molecule has 0 aliphatic carbocycles. The predicted octanol–water partition coefficient (Wildman–Crippen LogP) is 2.63. The number of nitrogens with one attached hydrogen (secondary N) is 1. The van der Waals surface area contributed by atoms with Gasteiger partial charge in [0.2, 0.25) is 15.9 Å². The number of carbonyl (C=O) groups is 1. The predicted molar refractivity (Wildman–Crippen MR) is 94.8 cm³/mol. The van der Waals surface area contributed by atoms with Gasteiger partial charge in [0.1, 0.15) is 18.1 Å². The van der Waals surface area contributed by atoms with E-state index in [1.54, 1.807) is 24.3 Å². The number of hydrogen-bond acceptors (Lipinski definition) is 4. The first-order chi connectivity index (χ1) is 11.8. The number of ether oxygens (including phenoxy) is 1. The summed E-state index contributed by atoms with van der Waals surface area (Å²) in [6, 6.07) is 11.6. The second-order valence-electron chi connectivity index (χ2n) is 5.25. The second-order valence-corrected chi connectivity index (χ2v) is 7.16. The molecule has 2 aromatic rings. The van der Waals surface area contributed by atoms with Crippen molar-refractivity contribution in [3.8, 4) is 5.75 Å². The molecule has 0 saturated heterocycles. The molecule has 2 aromatic carbocycles. The van der Waals surface area contributed by atoms with E-state index >= 15 is 0 Å². The van der Waals surface area contributed by atoms with Gasteiger partial charge in [-0.2, -0.15) is 0 Å². The normalized spacial score (nSPS) is 11.0. The van der Waals surface area contributed by atoms with Gasteiger partial charge in [-0.3, -0.25) is 9.10 Å². The van der Waals surface area contributed by atoms with Gasteiger partial charge < -0.3 is 10.1 Å². The van der Waals surface area contributed by atoms with Crippen molar-refractivity contribution >= 4 is 27.3 Å². The van der Waals surface area contributed by atoms with Gasteiger partial charge in [-0.05, 0) is 55.5 Å². The molecule has 0 aliphatic rings. The molecule has 0 unspecified atom stereocenters. The summed E-state index contributed by atoms with van der Waals surface area (Å²) in [5.74, 6) is -0.334. The van der Waals surface area contributed by atoms with Gasteiger partial charge in [0, 0.05) is 5.69 Å². The van der Waals surface area contributed by atoms with Crippen molar-refractivity contribution in [2.45, 2.75) is 6.92 Å². The molecule has 6 nitrogen and oxygen atoms in total. The minimum atomic E-state index is -3.70. The molecule has 0 saturated carbocycles. The van der Waals surface area contributed by atoms with Crippen LogP contribution in [-0.4, -0.2) is 33.7 Å². The maximum atomic E-state index is 13.0. The number of benzene rings is 2. The third kappa shape index (κ3) is 5.46. The number of carbonyl (C=O) groups excluding carboxylic acids is 1. The Bertz CT molecular complexity index is 821. The molecule has 1 amide bonds. The highest BCUT2D eigenvalue weighted by Crippen LogP contribution is 2.19. The van der Waals surface area contributed by atoms with Gasteiger partial charge in [0.05, 0.1) is 18.6 Å². The molecule has 134 valence electrons. The minimum absolute atomic E-state index is 0.214. The van der Waals surface area contributed by atoms with Gasteiger partial charge >= 0.3 is 0 Å². The van der Waals surface area contributed by atoms with Crippen LogP contribution >= 0.6 is 0 Å². The molecule has 8 heteroatoms. The van der Waals surface area contributed by atoms with E-state index in [4.69, 9.17) is 4.74 Å². The van der Waals surface area contributed by atoms with Gasteiger partial charge in [0.25, 0.3) is 0 Å². The summed E-state index contributed by atoms with van der Waals surface area (Å²) in [6.07, 6.45) is 0.987. The Hall–Kier alpha value is -2.61. The maximum Gasteiger partial charge on any atom is 0.245 e. The number of rotatable bonds is 7. The summed E-state index contributed by atoms with van der Waals surface area (Å²) in [4.78, 5) is 12.2. The Morgan fingerprint density at radius 3 is 2.24 bits per heavy atom. The first-order valence-electron chi connectivity index (χ1n) is 7.55. The largest absolute Gasteiger partial charge is 0.494 e. The van der Waals surface area contributed by atoms with Crippen LogP contribution in [0.3, 0.4) is 0 Å². The number of amides is 1. The smallest absolute Gasteiger partial charge is 0.245 e. The lowest BCUT2D eigenvalue weighted by Crippen LogP contribution is -2.37. The molecule has 0 bridgehead atoms. The van der Waals surface area contributed by atoms with Crippen molar-refractivity contribution < 1.29 is 22.3 Å². The lowest BCUT2D eigenvalue weighted by molar-refractivity contribution is -0.114. The second kappa shape index (κ2) is 7.98. The quantitative estimate of drug-likeness (QED) is 0.817. The number of halogens is 1. The molecule has 1 N–H and O–H groups in total. The average Bonchev–Trinajstić information content (AvgIpc) is 2.55. The van der Waals surface area contributed by atoms with Crippen LogP contribution in [0.15, 0.2) is 48.5 Å². The van der Waals surface area contributed by atoms with Crippen molar-refractivity contribution in [2.75, 3.05) is 29.0 Å². The van der Waals surface area contributed by atoms with E-state index in [1.807, 2.05) is 6.92 Å². The van der Waals surface area contributed by atoms with E-state index < -0.39 is 28.3 Å². The monoisotopic (exact) mass is 366 g/mol. The molecule has 0 radical (unpaired) electrons. The molecule has 0 spiro atoms. The first-order valence-corrected chi connectivity index (χ1v) is 9.40. The maximum absolute atomic E-state index is 13.0. The van der Waals surface area contributed by atoms with E-state index in [1.165, 1.54) is 12.1 Å². The first kappa shape index (κ1) is 18.7. The molecular weight excluding hydrogens is 347 g/mol. The zero-order valence-electron chi connectivity index (χ0n) is 13.9.